The minimum absolute atomic E-state index is 0.0382. The number of amides is 2. The number of para-hydroxylation sites is 1. The van der Waals surface area contributed by atoms with E-state index in [1.807, 2.05) is 36.1 Å². The quantitative estimate of drug-likeness (QED) is 0.540. The zero-order chi connectivity index (χ0) is 23.6. The number of aromatic amines is 1. The highest BCUT2D eigenvalue weighted by Crippen LogP contribution is 2.29. The molecule has 3 aromatic rings. The molecule has 1 aliphatic heterocycles. The third-order valence-electron chi connectivity index (χ3n) is 6.70. The van der Waals surface area contributed by atoms with Crippen LogP contribution in [0.2, 0.25) is 0 Å². The molecular weight excluding hydrogens is 412 g/mol. The predicted octanol–water partition coefficient (Wildman–Crippen LogP) is 3.65. The van der Waals surface area contributed by atoms with Crippen molar-refractivity contribution in [3.63, 3.8) is 0 Å². The Bertz CT molecular complexity index is 1120. The van der Waals surface area contributed by atoms with Crippen molar-refractivity contribution in [1.29, 1.82) is 0 Å². The fourth-order valence-corrected chi connectivity index (χ4v) is 4.73. The largest absolute Gasteiger partial charge is 0.358 e. The molecule has 4 rings (SSSR count). The summed E-state index contributed by atoms with van der Waals surface area (Å²) >= 11 is 0. The van der Waals surface area contributed by atoms with Gasteiger partial charge in [0.25, 0.3) is 0 Å². The fourth-order valence-electron chi connectivity index (χ4n) is 4.73. The van der Waals surface area contributed by atoms with Crippen LogP contribution in [0.25, 0.3) is 10.9 Å². The summed E-state index contributed by atoms with van der Waals surface area (Å²) in [6.07, 6.45) is 2.27. The van der Waals surface area contributed by atoms with Crippen molar-refractivity contribution in [2.45, 2.75) is 57.5 Å². The molecule has 6 nitrogen and oxygen atoms in total. The fraction of sp³-hybridized carbons (Fsp3) is 0.407. The second-order valence-electron chi connectivity index (χ2n) is 9.74. The number of carbonyl (C=O) groups excluding carboxylic acids is 2. The van der Waals surface area contributed by atoms with E-state index in [-0.39, 0.29) is 11.8 Å². The Hall–Kier alpha value is -3.12. The van der Waals surface area contributed by atoms with Gasteiger partial charge >= 0.3 is 0 Å². The number of hydrogen-bond acceptors (Lipinski definition) is 3. The summed E-state index contributed by atoms with van der Waals surface area (Å²) in [7, 11) is 0. The van der Waals surface area contributed by atoms with Gasteiger partial charge < -0.3 is 20.9 Å². The number of benzene rings is 2. The minimum atomic E-state index is -1.06. The number of nitrogens with zero attached hydrogens (tertiary/aromatic N) is 1. The van der Waals surface area contributed by atoms with E-state index in [0.717, 1.165) is 35.0 Å². The van der Waals surface area contributed by atoms with Gasteiger partial charge in [-0.15, -0.1) is 0 Å². The molecule has 1 aliphatic rings. The van der Waals surface area contributed by atoms with Crippen LogP contribution in [0.3, 0.4) is 0 Å². The first-order valence-corrected chi connectivity index (χ1v) is 11.7. The topological polar surface area (TPSA) is 91.2 Å². The molecule has 2 amide bonds. The standard InChI is InChI=1S/C27H34N4O2/c1-18-22(21-11-7-8-12-23(21)29-18)17-24(30-26(33)27(2,3)28)25(32)31-15-13-20(14-16-31)19-9-5-4-6-10-19/h4-12,20,24,29H,13-17,28H2,1-3H3,(H,30,33)/t24-/m1/s1. The molecular formula is C27H34N4O2. The maximum atomic E-state index is 13.6. The van der Waals surface area contributed by atoms with Gasteiger partial charge in [-0.25, -0.2) is 0 Å². The van der Waals surface area contributed by atoms with Gasteiger partial charge in [-0.3, -0.25) is 9.59 Å². The summed E-state index contributed by atoms with van der Waals surface area (Å²) in [4.78, 5) is 31.7. The van der Waals surface area contributed by atoms with Crippen molar-refractivity contribution in [1.82, 2.24) is 15.2 Å². The first-order valence-electron chi connectivity index (χ1n) is 11.7. The second-order valence-corrected chi connectivity index (χ2v) is 9.74. The maximum Gasteiger partial charge on any atom is 0.245 e. The van der Waals surface area contributed by atoms with Gasteiger partial charge in [-0.2, -0.15) is 0 Å². The van der Waals surface area contributed by atoms with E-state index in [9.17, 15) is 9.59 Å². The summed E-state index contributed by atoms with van der Waals surface area (Å²) in [5, 5.41) is 4.04. The summed E-state index contributed by atoms with van der Waals surface area (Å²) in [6.45, 7) is 6.70. The summed E-state index contributed by atoms with van der Waals surface area (Å²) in [6, 6.07) is 17.9. The summed E-state index contributed by atoms with van der Waals surface area (Å²) < 4.78 is 0. The van der Waals surface area contributed by atoms with Crippen molar-refractivity contribution < 1.29 is 9.59 Å². The predicted molar refractivity (Wildman–Crippen MR) is 132 cm³/mol. The van der Waals surface area contributed by atoms with Crippen LogP contribution < -0.4 is 11.1 Å². The lowest BCUT2D eigenvalue weighted by atomic mass is 9.89. The van der Waals surface area contributed by atoms with Crippen molar-refractivity contribution in [3.05, 3.63) is 71.4 Å². The van der Waals surface area contributed by atoms with Crippen molar-refractivity contribution in [2.24, 2.45) is 5.73 Å². The van der Waals surface area contributed by atoms with Gasteiger partial charge in [0.2, 0.25) is 11.8 Å². The van der Waals surface area contributed by atoms with E-state index in [4.69, 9.17) is 5.73 Å². The number of rotatable bonds is 6. The Morgan fingerprint density at radius 2 is 1.73 bits per heavy atom. The zero-order valence-corrected chi connectivity index (χ0v) is 19.7. The van der Waals surface area contributed by atoms with Crippen LogP contribution >= 0.6 is 0 Å². The van der Waals surface area contributed by atoms with E-state index in [0.29, 0.717) is 25.4 Å². The molecule has 4 N–H and O–H groups in total. The van der Waals surface area contributed by atoms with E-state index in [1.165, 1.54) is 5.56 Å². The van der Waals surface area contributed by atoms with Gasteiger partial charge in [0.05, 0.1) is 5.54 Å². The molecule has 0 bridgehead atoms. The molecule has 174 valence electrons. The Morgan fingerprint density at radius 1 is 1.09 bits per heavy atom. The SMILES string of the molecule is Cc1[nH]c2ccccc2c1C[C@@H](NC(=O)C(C)(C)N)C(=O)N1CCC(c2ccccc2)CC1. The molecule has 0 unspecified atom stereocenters. The van der Waals surface area contributed by atoms with Crippen LogP contribution in [-0.4, -0.2) is 46.4 Å². The highest BCUT2D eigenvalue weighted by Gasteiger charge is 2.33. The smallest absolute Gasteiger partial charge is 0.245 e. The Kier molecular flexibility index (Phi) is 6.56. The number of piperidine rings is 1. The van der Waals surface area contributed by atoms with Crippen LogP contribution in [0, 0.1) is 6.92 Å². The van der Waals surface area contributed by atoms with Gasteiger partial charge in [0.1, 0.15) is 6.04 Å². The average Bonchev–Trinajstić information content (AvgIpc) is 3.13. The molecule has 1 atom stereocenters. The van der Waals surface area contributed by atoms with Gasteiger partial charge in [-0.05, 0) is 56.7 Å². The lowest BCUT2D eigenvalue weighted by Gasteiger charge is -2.35. The molecule has 1 fully saturated rings. The second kappa shape index (κ2) is 9.40. The van der Waals surface area contributed by atoms with Gasteiger partial charge in [0, 0.05) is 36.1 Å². The van der Waals surface area contributed by atoms with Gasteiger partial charge in [0.15, 0.2) is 0 Å². The first kappa shape index (κ1) is 23.1. The Balaban J connectivity index is 1.54. The van der Waals surface area contributed by atoms with Crippen molar-refractivity contribution in [2.75, 3.05) is 13.1 Å². The number of aryl methyl sites for hydroxylation is 1. The minimum Gasteiger partial charge on any atom is -0.358 e. The lowest BCUT2D eigenvalue weighted by molar-refractivity contribution is -0.138. The number of nitrogens with two attached hydrogens (primary N) is 1. The monoisotopic (exact) mass is 446 g/mol. The van der Waals surface area contributed by atoms with Crippen molar-refractivity contribution in [3.8, 4) is 0 Å². The average molecular weight is 447 g/mol. The molecule has 2 heterocycles. The molecule has 0 aliphatic carbocycles. The summed E-state index contributed by atoms with van der Waals surface area (Å²) in [5.41, 5.74) is 9.40. The molecule has 0 saturated carbocycles. The maximum absolute atomic E-state index is 13.6. The van der Waals surface area contributed by atoms with E-state index < -0.39 is 11.6 Å². The number of likely N-dealkylation sites (tertiary alicyclic amines) is 1. The number of hydrogen-bond donors (Lipinski definition) is 3. The number of aromatic nitrogens is 1. The van der Waals surface area contributed by atoms with Crippen LogP contribution in [0.15, 0.2) is 54.6 Å². The Morgan fingerprint density at radius 3 is 2.39 bits per heavy atom. The van der Waals surface area contributed by atoms with Crippen LogP contribution in [0.1, 0.15) is 49.4 Å². The van der Waals surface area contributed by atoms with Gasteiger partial charge in [-0.1, -0.05) is 48.5 Å². The number of nitrogens with one attached hydrogen (secondary N) is 2. The molecule has 0 radical (unpaired) electrons. The zero-order valence-electron chi connectivity index (χ0n) is 19.7. The molecule has 0 spiro atoms. The highest BCUT2D eigenvalue weighted by molar-refractivity contribution is 5.92. The molecule has 33 heavy (non-hydrogen) atoms. The van der Waals surface area contributed by atoms with E-state index in [2.05, 4.69) is 40.6 Å². The van der Waals surface area contributed by atoms with E-state index >= 15 is 0 Å². The molecule has 2 aromatic carbocycles. The number of fused-ring (bicyclic) bond motifs is 1. The van der Waals surface area contributed by atoms with Crippen LogP contribution in [0.4, 0.5) is 0 Å². The third-order valence-corrected chi connectivity index (χ3v) is 6.70. The molecule has 6 heteroatoms. The number of carbonyl (C=O) groups is 2. The lowest BCUT2D eigenvalue weighted by Crippen LogP contribution is -2.57. The highest BCUT2D eigenvalue weighted by atomic mass is 16.2. The molecule has 1 aromatic heterocycles. The Labute approximate surface area is 195 Å². The number of H-pyrrole nitrogens is 1. The molecule has 1 saturated heterocycles. The van der Waals surface area contributed by atoms with E-state index in [1.54, 1.807) is 13.8 Å². The van der Waals surface area contributed by atoms with Crippen LogP contribution in [0.5, 0.6) is 0 Å². The third kappa shape index (κ3) is 5.11. The first-order chi connectivity index (χ1) is 15.7. The van der Waals surface area contributed by atoms with Crippen LogP contribution in [-0.2, 0) is 16.0 Å². The summed E-state index contributed by atoms with van der Waals surface area (Å²) in [5.74, 6) is 0.100. The normalized spacial score (nSPS) is 16.1. The van der Waals surface area contributed by atoms with Crippen molar-refractivity contribution >= 4 is 22.7 Å².